The van der Waals surface area contributed by atoms with Crippen LogP contribution in [0.25, 0.3) is 0 Å². The van der Waals surface area contributed by atoms with Crippen molar-refractivity contribution in [2.75, 3.05) is 0 Å². The van der Waals surface area contributed by atoms with Crippen molar-refractivity contribution in [2.45, 2.75) is 26.8 Å². The van der Waals surface area contributed by atoms with Crippen LogP contribution in [-0.2, 0) is 24.6 Å². The van der Waals surface area contributed by atoms with E-state index in [1.165, 1.54) is 10.6 Å². The van der Waals surface area contributed by atoms with Crippen LogP contribution in [0.3, 0.4) is 0 Å². The number of hydrogen-bond donors (Lipinski definition) is 0. The molecule has 0 radical (unpaired) electrons. The van der Waals surface area contributed by atoms with Crippen LogP contribution in [0.1, 0.15) is 12.5 Å². The minimum absolute atomic E-state index is 0.0935. The van der Waals surface area contributed by atoms with Crippen molar-refractivity contribution in [3.8, 4) is 0 Å². The zero-order valence-corrected chi connectivity index (χ0v) is 11.8. The minimum atomic E-state index is -0.460. The molecular formula is C14H15ClN2O3. The summed E-state index contributed by atoms with van der Waals surface area (Å²) in [7, 11) is 0. The van der Waals surface area contributed by atoms with Gasteiger partial charge in [-0.15, -0.1) is 0 Å². The summed E-state index contributed by atoms with van der Waals surface area (Å²) in [5.74, 6) is 0. The molecule has 2 aromatic rings. The van der Waals surface area contributed by atoms with E-state index < -0.39 is 11.2 Å². The molecule has 106 valence electrons. The molecule has 2 rings (SSSR count). The van der Waals surface area contributed by atoms with Gasteiger partial charge in [0.25, 0.3) is 5.56 Å². The third-order valence-electron chi connectivity index (χ3n) is 2.88. The highest BCUT2D eigenvalue weighted by molar-refractivity contribution is 6.29. The number of aromatic nitrogens is 2. The van der Waals surface area contributed by atoms with E-state index in [9.17, 15) is 9.59 Å². The molecular weight excluding hydrogens is 280 g/mol. The van der Waals surface area contributed by atoms with Crippen molar-refractivity contribution in [1.82, 2.24) is 9.13 Å². The molecule has 0 amide bonds. The highest BCUT2D eigenvalue weighted by Gasteiger charge is 2.08. The first-order valence-electron chi connectivity index (χ1n) is 6.25. The Hall–Kier alpha value is -1.85. The maximum atomic E-state index is 12.0. The van der Waals surface area contributed by atoms with Crippen LogP contribution in [0.2, 0.25) is 5.15 Å². The van der Waals surface area contributed by atoms with E-state index in [2.05, 4.69) is 0 Å². The van der Waals surface area contributed by atoms with Crippen molar-refractivity contribution in [3.05, 3.63) is 68.0 Å². The Balaban J connectivity index is 2.14. The molecule has 0 N–H and O–H groups in total. The molecule has 20 heavy (non-hydrogen) atoms. The van der Waals surface area contributed by atoms with Crippen LogP contribution in [0.5, 0.6) is 0 Å². The highest BCUT2D eigenvalue weighted by Crippen LogP contribution is 2.02. The Labute approximate surface area is 121 Å². The molecule has 1 aromatic heterocycles. The van der Waals surface area contributed by atoms with E-state index in [1.54, 1.807) is 6.92 Å². The maximum Gasteiger partial charge on any atom is 0.334 e. The summed E-state index contributed by atoms with van der Waals surface area (Å²) in [5.41, 5.74) is 0.0566. The van der Waals surface area contributed by atoms with E-state index in [4.69, 9.17) is 16.3 Å². The van der Waals surface area contributed by atoms with Crippen LogP contribution in [-0.4, -0.2) is 9.13 Å². The normalized spacial score (nSPS) is 10.7. The Morgan fingerprint density at radius 2 is 1.85 bits per heavy atom. The van der Waals surface area contributed by atoms with Gasteiger partial charge in [0, 0.05) is 12.6 Å². The van der Waals surface area contributed by atoms with Gasteiger partial charge in [0.15, 0.2) is 0 Å². The molecule has 0 aliphatic heterocycles. The molecule has 0 fully saturated rings. The Morgan fingerprint density at radius 3 is 2.50 bits per heavy atom. The van der Waals surface area contributed by atoms with Gasteiger partial charge >= 0.3 is 5.69 Å². The fraction of sp³-hybridized carbons (Fsp3) is 0.286. The average Bonchev–Trinajstić information content (AvgIpc) is 2.44. The fourth-order valence-electron chi connectivity index (χ4n) is 1.82. The van der Waals surface area contributed by atoms with Gasteiger partial charge in [0.2, 0.25) is 0 Å². The molecule has 0 spiro atoms. The fourth-order valence-corrected chi connectivity index (χ4v) is 2.11. The van der Waals surface area contributed by atoms with Gasteiger partial charge in [0.1, 0.15) is 11.9 Å². The molecule has 1 aromatic carbocycles. The Morgan fingerprint density at radius 1 is 1.15 bits per heavy atom. The predicted molar refractivity (Wildman–Crippen MR) is 76.9 cm³/mol. The van der Waals surface area contributed by atoms with E-state index in [0.717, 1.165) is 10.1 Å². The predicted octanol–water partition coefficient (Wildman–Crippen LogP) is 1.86. The van der Waals surface area contributed by atoms with E-state index in [-0.39, 0.29) is 11.9 Å². The van der Waals surface area contributed by atoms with Gasteiger partial charge in [-0.3, -0.25) is 9.36 Å². The number of halogens is 1. The second kappa shape index (κ2) is 6.54. The lowest BCUT2D eigenvalue weighted by molar-refractivity contribution is 0.0579. The van der Waals surface area contributed by atoms with Crippen LogP contribution in [0.15, 0.2) is 46.0 Å². The first-order valence-corrected chi connectivity index (χ1v) is 6.63. The Bertz CT molecular complexity index is 692. The van der Waals surface area contributed by atoms with Gasteiger partial charge in [-0.1, -0.05) is 41.9 Å². The molecule has 0 atom stereocenters. The number of nitrogens with zero attached hydrogens (tertiary/aromatic N) is 2. The molecule has 0 aliphatic rings. The van der Waals surface area contributed by atoms with Gasteiger partial charge < -0.3 is 4.74 Å². The summed E-state index contributed by atoms with van der Waals surface area (Å²) in [6.07, 6.45) is 0. The second-order valence-corrected chi connectivity index (χ2v) is 4.61. The minimum Gasteiger partial charge on any atom is -0.356 e. The van der Waals surface area contributed by atoms with E-state index in [0.29, 0.717) is 13.2 Å². The lowest BCUT2D eigenvalue weighted by Crippen LogP contribution is -2.40. The Kier molecular flexibility index (Phi) is 4.76. The van der Waals surface area contributed by atoms with Crippen LogP contribution < -0.4 is 11.2 Å². The maximum absolute atomic E-state index is 12.0. The molecule has 0 unspecified atom stereocenters. The summed E-state index contributed by atoms with van der Waals surface area (Å²) < 4.78 is 7.75. The molecule has 0 aliphatic carbocycles. The summed E-state index contributed by atoms with van der Waals surface area (Å²) in [6.45, 7) is 2.43. The quantitative estimate of drug-likeness (QED) is 0.791. The summed E-state index contributed by atoms with van der Waals surface area (Å²) in [4.78, 5) is 23.8. The highest BCUT2D eigenvalue weighted by atomic mass is 35.5. The van der Waals surface area contributed by atoms with Gasteiger partial charge in [-0.2, -0.15) is 0 Å². The third-order valence-corrected chi connectivity index (χ3v) is 3.19. The average molecular weight is 295 g/mol. The van der Waals surface area contributed by atoms with Crippen LogP contribution in [0.4, 0.5) is 0 Å². The topological polar surface area (TPSA) is 53.2 Å². The van der Waals surface area contributed by atoms with E-state index >= 15 is 0 Å². The SMILES string of the molecule is CCn1c(Cl)cc(=O)n(COCc2ccccc2)c1=O. The number of hydrogen-bond acceptors (Lipinski definition) is 3. The smallest absolute Gasteiger partial charge is 0.334 e. The molecule has 6 heteroatoms. The van der Waals surface area contributed by atoms with Gasteiger partial charge in [-0.25, -0.2) is 9.36 Å². The molecule has 5 nitrogen and oxygen atoms in total. The van der Waals surface area contributed by atoms with Crippen molar-refractivity contribution in [3.63, 3.8) is 0 Å². The zero-order valence-electron chi connectivity index (χ0n) is 11.1. The van der Waals surface area contributed by atoms with Crippen molar-refractivity contribution in [1.29, 1.82) is 0 Å². The summed E-state index contributed by atoms with van der Waals surface area (Å²) in [6, 6.07) is 10.8. The largest absolute Gasteiger partial charge is 0.356 e. The van der Waals surface area contributed by atoms with Crippen molar-refractivity contribution in [2.24, 2.45) is 0 Å². The van der Waals surface area contributed by atoms with Crippen molar-refractivity contribution < 1.29 is 4.74 Å². The zero-order chi connectivity index (χ0) is 14.5. The molecule has 0 saturated heterocycles. The molecule has 0 saturated carbocycles. The first-order chi connectivity index (χ1) is 9.63. The lowest BCUT2D eigenvalue weighted by atomic mass is 10.2. The summed E-state index contributed by atoms with van der Waals surface area (Å²) in [5, 5.41) is 0.141. The van der Waals surface area contributed by atoms with Gasteiger partial charge in [-0.05, 0) is 12.5 Å². The van der Waals surface area contributed by atoms with Crippen LogP contribution >= 0.6 is 11.6 Å². The number of rotatable bonds is 5. The lowest BCUT2D eigenvalue weighted by Gasteiger charge is -2.10. The number of benzene rings is 1. The van der Waals surface area contributed by atoms with Crippen LogP contribution in [0, 0.1) is 0 Å². The standard InChI is InChI=1S/C14H15ClN2O3/c1-2-16-12(15)8-13(18)17(14(16)19)10-20-9-11-6-4-3-5-7-11/h3-8H,2,9-10H2,1H3. The molecule has 1 heterocycles. The summed E-state index contributed by atoms with van der Waals surface area (Å²) >= 11 is 5.85. The second-order valence-electron chi connectivity index (χ2n) is 4.22. The van der Waals surface area contributed by atoms with Gasteiger partial charge in [0.05, 0.1) is 6.61 Å². The third kappa shape index (κ3) is 3.18. The number of ether oxygens (including phenoxy) is 1. The van der Waals surface area contributed by atoms with Crippen molar-refractivity contribution >= 4 is 11.6 Å². The monoisotopic (exact) mass is 294 g/mol. The molecule has 0 bridgehead atoms. The van der Waals surface area contributed by atoms with E-state index in [1.807, 2.05) is 30.3 Å². The first kappa shape index (κ1) is 14.6.